The molecule has 0 saturated heterocycles. The second-order valence-electron chi connectivity index (χ2n) is 4.71. The van der Waals surface area contributed by atoms with Gasteiger partial charge in [-0.15, -0.1) is 0 Å². The Morgan fingerprint density at radius 1 is 1.30 bits per heavy atom. The lowest BCUT2D eigenvalue weighted by molar-refractivity contribution is -0.384. The Bertz CT molecular complexity index is 698. The Labute approximate surface area is 134 Å². The van der Waals surface area contributed by atoms with Crippen LogP contribution in [-0.2, 0) is 14.8 Å². The lowest BCUT2D eigenvalue weighted by Crippen LogP contribution is -2.35. The van der Waals surface area contributed by atoms with Gasteiger partial charge < -0.3 is 0 Å². The molecule has 1 rings (SSSR count). The normalized spacial score (nSPS) is 12.0. The molecule has 0 fully saturated rings. The first-order valence-corrected chi connectivity index (χ1v) is 8.30. The molecule has 9 nitrogen and oxygen atoms in total. The van der Waals surface area contributed by atoms with E-state index in [2.05, 4.69) is 15.2 Å². The Balaban J connectivity index is 2.63. The molecule has 2 N–H and O–H groups in total. The van der Waals surface area contributed by atoms with E-state index in [1.54, 1.807) is 6.92 Å². The minimum Gasteiger partial charge on any atom is -0.272 e. The number of carbonyl (C=O) groups excluding carboxylic acids is 1. The van der Waals surface area contributed by atoms with Crippen LogP contribution in [0.1, 0.15) is 26.7 Å². The summed E-state index contributed by atoms with van der Waals surface area (Å²) in [6.07, 6.45) is 1.62. The first-order valence-electron chi connectivity index (χ1n) is 6.82. The molecule has 0 spiro atoms. The van der Waals surface area contributed by atoms with Gasteiger partial charge in [0.1, 0.15) is 0 Å². The van der Waals surface area contributed by atoms with Gasteiger partial charge in [0.15, 0.2) is 0 Å². The maximum absolute atomic E-state index is 12.0. The second kappa shape index (κ2) is 8.34. The van der Waals surface area contributed by atoms with Gasteiger partial charge in [-0.05, 0) is 25.5 Å². The van der Waals surface area contributed by atoms with Gasteiger partial charge in [0.2, 0.25) is 10.0 Å². The van der Waals surface area contributed by atoms with Gasteiger partial charge in [-0.2, -0.15) is 5.10 Å². The molecule has 1 amide bonds. The molecule has 10 heteroatoms. The molecule has 0 bridgehead atoms. The number of nitro groups is 1. The fraction of sp³-hybridized carbons (Fsp3) is 0.385. The van der Waals surface area contributed by atoms with Crippen molar-refractivity contribution in [3.05, 3.63) is 34.4 Å². The molecule has 0 aliphatic heterocycles. The van der Waals surface area contributed by atoms with E-state index in [0.717, 1.165) is 42.8 Å². The minimum absolute atomic E-state index is 0.165. The summed E-state index contributed by atoms with van der Waals surface area (Å²) in [6.45, 7) is 3.24. The second-order valence-corrected chi connectivity index (χ2v) is 6.47. The summed E-state index contributed by atoms with van der Waals surface area (Å²) in [7, 11) is -3.93. The Morgan fingerprint density at radius 3 is 2.43 bits per heavy atom. The molecule has 0 unspecified atom stereocenters. The zero-order valence-electron chi connectivity index (χ0n) is 12.8. The fourth-order valence-corrected chi connectivity index (χ4v) is 2.59. The first-order chi connectivity index (χ1) is 10.8. The lowest BCUT2D eigenvalue weighted by Gasteiger charge is -2.06. The van der Waals surface area contributed by atoms with Crippen LogP contribution >= 0.6 is 0 Å². The van der Waals surface area contributed by atoms with E-state index in [9.17, 15) is 23.3 Å². The third-order valence-corrected chi connectivity index (χ3v) is 4.18. The van der Waals surface area contributed by atoms with Gasteiger partial charge >= 0.3 is 0 Å². The summed E-state index contributed by atoms with van der Waals surface area (Å²) in [5, 5.41) is 14.4. The highest BCUT2D eigenvalue weighted by Crippen LogP contribution is 2.15. The smallest absolute Gasteiger partial charge is 0.269 e. The van der Waals surface area contributed by atoms with Crippen molar-refractivity contribution in [2.24, 2.45) is 5.10 Å². The SMILES string of the molecule is CCC/C(C)=N/NC(=O)CNS(=O)(=O)c1ccc([N+](=O)[O-])cc1. The van der Waals surface area contributed by atoms with Crippen LogP contribution in [0.5, 0.6) is 0 Å². The number of hydrogen-bond donors (Lipinski definition) is 2. The van der Waals surface area contributed by atoms with Crippen molar-refractivity contribution in [3.8, 4) is 0 Å². The summed E-state index contributed by atoms with van der Waals surface area (Å²) in [5.74, 6) is -0.606. The monoisotopic (exact) mass is 342 g/mol. The number of carbonyl (C=O) groups is 1. The number of benzene rings is 1. The molecule has 0 atom stereocenters. The predicted molar refractivity (Wildman–Crippen MR) is 84.4 cm³/mol. The summed E-state index contributed by atoms with van der Waals surface area (Å²) < 4.78 is 26.0. The molecule has 0 aliphatic rings. The quantitative estimate of drug-likeness (QED) is 0.416. The van der Waals surface area contributed by atoms with Gasteiger partial charge in [0, 0.05) is 17.8 Å². The third kappa shape index (κ3) is 6.12. The number of non-ortho nitro benzene ring substituents is 1. The zero-order chi connectivity index (χ0) is 17.5. The van der Waals surface area contributed by atoms with Gasteiger partial charge in [-0.3, -0.25) is 14.9 Å². The molecule has 1 aromatic carbocycles. The molecular formula is C13H18N4O5S. The van der Waals surface area contributed by atoms with Crippen LogP contribution in [0.15, 0.2) is 34.3 Å². The maximum atomic E-state index is 12.0. The summed E-state index contributed by atoms with van der Waals surface area (Å²) >= 11 is 0. The van der Waals surface area contributed by atoms with Crippen LogP contribution in [0.4, 0.5) is 5.69 Å². The fourth-order valence-electron chi connectivity index (χ4n) is 1.61. The number of hydrazone groups is 1. The highest BCUT2D eigenvalue weighted by atomic mass is 32.2. The van der Waals surface area contributed by atoms with Crippen LogP contribution < -0.4 is 10.1 Å². The van der Waals surface area contributed by atoms with Crippen LogP contribution in [0.2, 0.25) is 0 Å². The average molecular weight is 342 g/mol. The maximum Gasteiger partial charge on any atom is 0.269 e. The Kier molecular flexibility index (Phi) is 6.79. The average Bonchev–Trinajstić information content (AvgIpc) is 2.51. The van der Waals surface area contributed by atoms with E-state index in [4.69, 9.17) is 0 Å². The van der Waals surface area contributed by atoms with Crippen molar-refractivity contribution in [1.82, 2.24) is 10.1 Å². The Morgan fingerprint density at radius 2 is 1.91 bits per heavy atom. The largest absolute Gasteiger partial charge is 0.272 e. The molecule has 0 aromatic heterocycles. The number of nitrogens with one attached hydrogen (secondary N) is 2. The summed E-state index contributed by atoms with van der Waals surface area (Å²) in [4.78, 5) is 21.3. The number of nitrogens with zero attached hydrogens (tertiary/aromatic N) is 2. The van der Waals surface area contributed by atoms with Crippen LogP contribution in [-0.4, -0.2) is 31.5 Å². The molecule has 23 heavy (non-hydrogen) atoms. The van der Waals surface area contributed by atoms with E-state index in [0.29, 0.717) is 0 Å². The van der Waals surface area contributed by atoms with Crippen molar-refractivity contribution < 1.29 is 18.1 Å². The first kappa shape index (κ1) is 18.7. The highest BCUT2D eigenvalue weighted by Gasteiger charge is 2.16. The molecule has 0 aliphatic carbocycles. The van der Waals surface area contributed by atoms with E-state index >= 15 is 0 Å². The van der Waals surface area contributed by atoms with Crippen LogP contribution in [0.25, 0.3) is 0 Å². The topological polar surface area (TPSA) is 131 Å². The number of rotatable bonds is 8. The standard InChI is InChI=1S/C13H18N4O5S/c1-3-4-10(2)15-16-13(18)9-14-23(21,22)12-7-5-11(6-8-12)17(19)20/h5-8,14H,3-4,9H2,1-2H3,(H,16,18)/b15-10+. The van der Waals surface area contributed by atoms with Crippen molar-refractivity contribution in [2.75, 3.05) is 6.54 Å². The van der Waals surface area contributed by atoms with E-state index < -0.39 is 27.4 Å². The van der Waals surface area contributed by atoms with Gasteiger partial charge in [-0.1, -0.05) is 13.3 Å². The van der Waals surface area contributed by atoms with Crippen molar-refractivity contribution >= 4 is 27.3 Å². The van der Waals surface area contributed by atoms with E-state index in [1.807, 2.05) is 6.92 Å². The number of hydrogen-bond acceptors (Lipinski definition) is 6. The van der Waals surface area contributed by atoms with Gasteiger partial charge in [0.05, 0.1) is 16.4 Å². The van der Waals surface area contributed by atoms with E-state index in [1.165, 1.54) is 0 Å². The van der Waals surface area contributed by atoms with Crippen molar-refractivity contribution in [1.29, 1.82) is 0 Å². The van der Waals surface area contributed by atoms with Crippen LogP contribution in [0.3, 0.4) is 0 Å². The molecule has 126 valence electrons. The lowest BCUT2D eigenvalue weighted by atomic mass is 10.2. The third-order valence-electron chi connectivity index (χ3n) is 2.76. The zero-order valence-corrected chi connectivity index (χ0v) is 13.6. The minimum atomic E-state index is -3.93. The Hall–Kier alpha value is -2.33. The summed E-state index contributed by atoms with van der Waals surface area (Å²) in [6, 6.07) is 4.35. The number of amides is 1. The summed E-state index contributed by atoms with van der Waals surface area (Å²) in [5.41, 5.74) is 2.76. The molecular weight excluding hydrogens is 324 g/mol. The molecule has 0 radical (unpaired) electrons. The van der Waals surface area contributed by atoms with E-state index in [-0.39, 0.29) is 10.6 Å². The van der Waals surface area contributed by atoms with Crippen molar-refractivity contribution in [2.45, 2.75) is 31.6 Å². The van der Waals surface area contributed by atoms with Gasteiger partial charge in [-0.25, -0.2) is 18.6 Å². The number of nitro benzene ring substituents is 1. The molecule has 1 aromatic rings. The van der Waals surface area contributed by atoms with Crippen LogP contribution in [0, 0.1) is 10.1 Å². The number of sulfonamides is 1. The van der Waals surface area contributed by atoms with Crippen molar-refractivity contribution in [3.63, 3.8) is 0 Å². The highest BCUT2D eigenvalue weighted by molar-refractivity contribution is 7.89. The molecule has 0 heterocycles. The van der Waals surface area contributed by atoms with Gasteiger partial charge in [0.25, 0.3) is 11.6 Å². The molecule has 0 saturated carbocycles. The predicted octanol–water partition coefficient (Wildman–Crippen LogP) is 1.17.